The number of hydrogen-bond donors (Lipinski definition) is 1. The summed E-state index contributed by atoms with van der Waals surface area (Å²) in [6, 6.07) is 5.54. The molecule has 124 valence electrons. The van der Waals surface area contributed by atoms with Crippen LogP contribution >= 0.6 is 11.3 Å². The van der Waals surface area contributed by atoms with Crippen molar-refractivity contribution in [2.24, 2.45) is 0 Å². The minimum Gasteiger partial charge on any atom is -0.493 e. The van der Waals surface area contributed by atoms with Crippen molar-refractivity contribution in [3.8, 4) is 28.6 Å². The fourth-order valence-corrected chi connectivity index (χ4v) is 2.80. The van der Waals surface area contributed by atoms with Crippen molar-refractivity contribution in [1.29, 1.82) is 0 Å². The van der Waals surface area contributed by atoms with Crippen LogP contribution in [0.3, 0.4) is 0 Å². The van der Waals surface area contributed by atoms with Crippen LogP contribution in [0.15, 0.2) is 35.3 Å². The van der Waals surface area contributed by atoms with Crippen LogP contribution in [0.4, 0.5) is 11.6 Å². The van der Waals surface area contributed by atoms with Crippen LogP contribution in [0.2, 0.25) is 0 Å². The predicted octanol–water partition coefficient (Wildman–Crippen LogP) is 3.37. The highest BCUT2D eigenvalue weighted by Gasteiger charge is 2.14. The van der Waals surface area contributed by atoms with Crippen LogP contribution in [0.5, 0.6) is 17.2 Å². The molecule has 0 atom stereocenters. The molecular weight excluding hydrogens is 328 g/mol. The summed E-state index contributed by atoms with van der Waals surface area (Å²) in [5, 5.41) is 7.09. The summed E-state index contributed by atoms with van der Waals surface area (Å²) < 4.78 is 16.0. The molecule has 8 heteroatoms. The minimum atomic E-state index is 0.431. The Kier molecular flexibility index (Phi) is 4.76. The predicted molar refractivity (Wildman–Crippen MR) is 92.5 cm³/mol. The lowest BCUT2D eigenvalue weighted by atomic mass is 10.2. The first kappa shape index (κ1) is 16.0. The van der Waals surface area contributed by atoms with Gasteiger partial charge in [-0.15, -0.1) is 0 Å². The maximum Gasteiger partial charge on any atom is 0.230 e. The highest BCUT2D eigenvalue weighted by atomic mass is 32.1. The fourth-order valence-electron chi connectivity index (χ4n) is 2.17. The quantitative estimate of drug-likeness (QED) is 0.734. The Labute approximate surface area is 143 Å². The zero-order valence-corrected chi connectivity index (χ0v) is 14.3. The van der Waals surface area contributed by atoms with Crippen LogP contribution < -0.4 is 19.5 Å². The van der Waals surface area contributed by atoms with Gasteiger partial charge in [0.15, 0.2) is 17.3 Å². The summed E-state index contributed by atoms with van der Waals surface area (Å²) in [5.41, 5.74) is 1.67. The number of anilines is 2. The normalized spacial score (nSPS) is 10.3. The Morgan fingerprint density at radius 1 is 1.00 bits per heavy atom. The van der Waals surface area contributed by atoms with E-state index in [1.807, 2.05) is 16.8 Å². The van der Waals surface area contributed by atoms with Crippen molar-refractivity contribution in [2.45, 2.75) is 0 Å². The average molecular weight is 344 g/mol. The van der Waals surface area contributed by atoms with Gasteiger partial charge in [-0.05, 0) is 11.4 Å². The van der Waals surface area contributed by atoms with Crippen molar-refractivity contribution < 1.29 is 14.2 Å². The third-order valence-electron chi connectivity index (χ3n) is 3.27. The largest absolute Gasteiger partial charge is 0.493 e. The molecule has 0 bridgehead atoms. The first-order chi connectivity index (χ1) is 11.7. The van der Waals surface area contributed by atoms with E-state index < -0.39 is 0 Å². The summed E-state index contributed by atoms with van der Waals surface area (Å²) in [6.45, 7) is 0. The van der Waals surface area contributed by atoms with Gasteiger partial charge in [-0.3, -0.25) is 0 Å². The molecule has 0 amide bonds. The molecule has 1 N–H and O–H groups in total. The van der Waals surface area contributed by atoms with Crippen LogP contribution in [-0.4, -0.2) is 36.3 Å². The highest BCUT2D eigenvalue weighted by molar-refractivity contribution is 7.08. The van der Waals surface area contributed by atoms with Crippen LogP contribution in [0.1, 0.15) is 0 Å². The van der Waals surface area contributed by atoms with E-state index in [-0.39, 0.29) is 0 Å². The Morgan fingerprint density at radius 2 is 1.75 bits per heavy atom. The molecule has 0 saturated heterocycles. The highest BCUT2D eigenvalue weighted by Crippen LogP contribution is 2.40. The smallest absolute Gasteiger partial charge is 0.230 e. The van der Waals surface area contributed by atoms with E-state index in [1.54, 1.807) is 44.8 Å². The third kappa shape index (κ3) is 3.23. The van der Waals surface area contributed by atoms with Gasteiger partial charge in [0.2, 0.25) is 11.7 Å². The van der Waals surface area contributed by atoms with Gasteiger partial charge in [0, 0.05) is 28.8 Å². The average Bonchev–Trinajstić information content (AvgIpc) is 3.15. The van der Waals surface area contributed by atoms with Crippen LogP contribution in [0, 0.1) is 0 Å². The molecule has 0 aliphatic carbocycles. The molecule has 2 aromatic heterocycles. The second-order valence-electron chi connectivity index (χ2n) is 4.68. The van der Waals surface area contributed by atoms with Gasteiger partial charge in [-0.25, -0.2) is 9.97 Å². The number of thiophene rings is 1. The van der Waals surface area contributed by atoms with Crippen molar-refractivity contribution in [3.63, 3.8) is 0 Å². The molecule has 0 saturated carbocycles. The second kappa shape index (κ2) is 7.14. The Hall–Kier alpha value is -2.87. The maximum atomic E-state index is 5.34. The first-order valence-corrected chi connectivity index (χ1v) is 7.98. The number of ether oxygens (including phenoxy) is 3. The molecule has 3 aromatic rings. The summed E-state index contributed by atoms with van der Waals surface area (Å²) >= 11 is 1.59. The second-order valence-corrected chi connectivity index (χ2v) is 5.46. The van der Waals surface area contributed by atoms with Gasteiger partial charge in [0.1, 0.15) is 6.33 Å². The lowest BCUT2D eigenvalue weighted by Gasteiger charge is -2.14. The molecule has 0 radical (unpaired) electrons. The van der Waals surface area contributed by atoms with Gasteiger partial charge in [-0.2, -0.15) is 16.3 Å². The number of hydrogen-bond acceptors (Lipinski definition) is 8. The van der Waals surface area contributed by atoms with Gasteiger partial charge >= 0.3 is 0 Å². The van der Waals surface area contributed by atoms with E-state index in [4.69, 9.17) is 14.2 Å². The van der Waals surface area contributed by atoms with Crippen LogP contribution in [-0.2, 0) is 0 Å². The zero-order valence-electron chi connectivity index (χ0n) is 13.4. The maximum absolute atomic E-state index is 5.34. The Balaban J connectivity index is 1.92. The molecule has 2 heterocycles. The van der Waals surface area contributed by atoms with Crippen molar-refractivity contribution >= 4 is 23.0 Å². The van der Waals surface area contributed by atoms with Crippen molar-refractivity contribution in [2.75, 3.05) is 26.6 Å². The fraction of sp³-hybridized carbons (Fsp3) is 0.188. The molecule has 24 heavy (non-hydrogen) atoms. The molecule has 3 rings (SSSR count). The summed E-state index contributed by atoms with van der Waals surface area (Å²) in [6.07, 6.45) is 1.47. The SMILES string of the molecule is COc1cc(Nc2ncnc(-c3ccsc3)n2)cc(OC)c1OC. The third-order valence-corrected chi connectivity index (χ3v) is 3.96. The van der Waals surface area contributed by atoms with Gasteiger partial charge < -0.3 is 19.5 Å². The van der Waals surface area contributed by atoms with Gasteiger partial charge in [0.05, 0.1) is 21.3 Å². The van der Waals surface area contributed by atoms with E-state index in [0.29, 0.717) is 34.7 Å². The van der Waals surface area contributed by atoms with Gasteiger partial charge in [0.25, 0.3) is 0 Å². The number of rotatable bonds is 6. The number of nitrogens with one attached hydrogen (secondary N) is 1. The molecule has 0 aliphatic rings. The van der Waals surface area contributed by atoms with E-state index in [2.05, 4.69) is 20.3 Å². The lowest BCUT2D eigenvalue weighted by molar-refractivity contribution is 0.324. The number of benzene rings is 1. The van der Waals surface area contributed by atoms with Crippen molar-refractivity contribution in [3.05, 3.63) is 35.3 Å². The number of nitrogens with zero attached hydrogens (tertiary/aromatic N) is 3. The number of aromatic nitrogens is 3. The summed E-state index contributed by atoms with van der Waals surface area (Å²) in [7, 11) is 4.70. The van der Waals surface area contributed by atoms with E-state index >= 15 is 0 Å². The van der Waals surface area contributed by atoms with Crippen molar-refractivity contribution in [1.82, 2.24) is 15.0 Å². The zero-order chi connectivity index (χ0) is 16.9. The molecule has 0 unspecified atom stereocenters. The van der Waals surface area contributed by atoms with E-state index in [0.717, 1.165) is 5.56 Å². The topological polar surface area (TPSA) is 78.4 Å². The molecule has 1 aromatic carbocycles. The molecule has 0 aliphatic heterocycles. The summed E-state index contributed by atoms with van der Waals surface area (Å²) in [4.78, 5) is 12.8. The monoisotopic (exact) mass is 344 g/mol. The molecule has 7 nitrogen and oxygen atoms in total. The van der Waals surface area contributed by atoms with E-state index in [9.17, 15) is 0 Å². The van der Waals surface area contributed by atoms with E-state index in [1.165, 1.54) is 6.33 Å². The number of methoxy groups -OCH3 is 3. The minimum absolute atomic E-state index is 0.431. The molecule has 0 fully saturated rings. The lowest BCUT2D eigenvalue weighted by Crippen LogP contribution is -2.01. The Morgan fingerprint density at radius 3 is 2.33 bits per heavy atom. The molecule has 0 spiro atoms. The van der Waals surface area contributed by atoms with Gasteiger partial charge in [-0.1, -0.05) is 0 Å². The van der Waals surface area contributed by atoms with Crippen LogP contribution in [0.25, 0.3) is 11.4 Å². The standard InChI is InChI=1S/C16H16N4O3S/c1-21-12-6-11(7-13(22-2)14(12)23-3)19-16-18-9-17-15(20-16)10-4-5-24-8-10/h4-9H,1-3H3,(H,17,18,19,20). The summed E-state index contributed by atoms with van der Waals surface area (Å²) in [5.74, 6) is 2.67. The Bertz CT molecular complexity index is 799. The first-order valence-electron chi connectivity index (χ1n) is 7.03. The molecular formula is C16H16N4O3S.